The van der Waals surface area contributed by atoms with Crippen molar-refractivity contribution in [3.63, 3.8) is 0 Å². The van der Waals surface area contributed by atoms with Crippen molar-refractivity contribution in [1.82, 2.24) is 14.9 Å². The van der Waals surface area contributed by atoms with Gasteiger partial charge in [-0.25, -0.2) is 4.98 Å². The molecule has 0 bridgehead atoms. The molecular weight excluding hydrogens is 382 g/mol. The van der Waals surface area contributed by atoms with Gasteiger partial charge in [0, 0.05) is 45.0 Å². The highest BCUT2D eigenvalue weighted by atomic mass is 15.2. The van der Waals surface area contributed by atoms with Crippen molar-refractivity contribution < 1.29 is 0 Å². The van der Waals surface area contributed by atoms with Crippen LogP contribution in [0.1, 0.15) is 44.1 Å². The first kappa shape index (κ1) is 20.3. The Kier molecular flexibility index (Phi) is 6.30. The van der Waals surface area contributed by atoms with Gasteiger partial charge in [0.05, 0.1) is 0 Å². The summed E-state index contributed by atoms with van der Waals surface area (Å²) in [5, 5.41) is 6.32. The van der Waals surface area contributed by atoms with E-state index in [0.717, 1.165) is 57.3 Å². The maximum absolute atomic E-state index is 4.84. The molecule has 0 amide bonds. The molecule has 2 aliphatic rings. The van der Waals surface area contributed by atoms with Crippen molar-refractivity contribution in [2.45, 2.75) is 51.1 Å². The Balaban J connectivity index is 1.17. The molecule has 0 radical (unpaired) electrons. The van der Waals surface area contributed by atoms with Gasteiger partial charge in [0.2, 0.25) is 5.95 Å². The molecule has 162 valence electrons. The molecule has 31 heavy (non-hydrogen) atoms. The maximum atomic E-state index is 4.84. The Hall–Kier alpha value is -2.66. The highest BCUT2D eigenvalue weighted by Gasteiger charge is 2.21. The number of hydrogen-bond donors (Lipinski definition) is 1. The van der Waals surface area contributed by atoms with Crippen LogP contribution in [0.15, 0.2) is 54.7 Å². The lowest BCUT2D eigenvalue weighted by atomic mass is 10.0. The van der Waals surface area contributed by atoms with Crippen molar-refractivity contribution in [3.05, 3.63) is 60.3 Å². The van der Waals surface area contributed by atoms with Crippen molar-refractivity contribution in [2.75, 3.05) is 36.4 Å². The molecule has 0 aliphatic carbocycles. The number of nitrogens with zero attached hydrogens (tertiary/aromatic N) is 4. The average molecular weight is 416 g/mol. The third-order valence-corrected chi connectivity index (χ3v) is 6.77. The van der Waals surface area contributed by atoms with Gasteiger partial charge >= 0.3 is 0 Å². The van der Waals surface area contributed by atoms with Crippen molar-refractivity contribution in [2.24, 2.45) is 0 Å². The van der Waals surface area contributed by atoms with E-state index < -0.39 is 0 Å². The number of aromatic nitrogens is 2. The summed E-state index contributed by atoms with van der Waals surface area (Å²) < 4.78 is 0. The Labute approximate surface area is 185 Å². The summed E-state index contributed by atoms with van der Waals surface area (Å²) in [6.07, 6.45) is 9.37. The number of fused-ring (bicyclic) bond motifs is 1. The summed E-state index contributed by atoms with van der Waals surface area (Å²) in [5.74, 6) is 1.86. The summed E-state index contributed by atoms with van der Waals surface area (Å²) in [6.45, 7) is 5.46. The Morgan fingerprint density at radius 3 is 2.45 bits per heavy atom. The van der Waals surface area contributed by atoms with E-state index in [9.17, 15) is 0 Å². The van der Waals surface area contributed by atoms with Crippen LogP contribution in [0.4, 0.5) is 11.8 Å². The fraction of sp³-hybridized carbons (Fsp3) is 0.462. The van der Waals surface area contributed by atoms with Crippen molar-refractivity contribution in [3.8, 4) is 0 Å². The number of piperidine rings is 1. The van der Waals surface area contributed by atoms with Gasteiger partial charge in [0.25, 0.3) is 0 Å². The molecule has 1 N–H and O–H groups in total. The standard InChI is InChI=1S/C26H33N5/c1-2-6-17-31(16-5-1)25-12-15-27-26(29-25)28-23-13-18-30(19-14-23)20-22-10-7-9-21-8-3-4-11-24(21)22/h3-4,7-12,15,23H,1-2,5-6,13-14,16-20H2,(H,27,28,29). The predicted octanol–water partition coefficient (Wildman–Crippen LogP) is 5.09. The van der Waals surface area contributed by atoms with Crippen LogP contribution in [0, 0.1) is 0 Å². The zero-order valence-corrected chi connectivity index (χ0v) is 18.3. The van der Waals surface area contributed by atoms with Gasteiger partial charge in [-0.3, -0.25) is 4.90 Å². The third-order valence-electron chi connectivity index (χ3n) is 6.77. The summed E-state index contributed by atoms with van der Waals surface area (Å²) in [7, 11) is 0. The molecule has 2 saturated heterocycles. The smallest absolute Gasteiger partial charge is 0.224 e. The highest BCUT2D eigenvalue weighted by Crippen LogP contribution is 2.23. The number of rotatable bonds is 5. The number of nitrogens with one attached hydrogen (secondary N) is 1. The van der Waals surface area contributed by atoms with E-state index in [1.807, 2.05) is 6.20 Å². The number of hydrogen-bond acceptors (Lipinski definition) is 5. The van der Waals surface area contributed by atoms with Crippen LogP contribution in [0.3, 0.4) is 0 Å². The van der Waals surface area contributed by atoms with E-state index in [2.05, 4.69) is 68.6 Å². The van der Waals surface area contributed by atoms with Gasteiger partial charge < -0.3 is 10.2 Å². The van der Waals surface area contributed by atoms with Crippen LogP contribution < -0.4 is 10.2 Å². The average Bonchev–Trinajstić information content (AvgIpc) is 3.11. The van der Waals surface area contributed by atoms with E-state index in [-0.39, 0.29) is 0 Å². The molecule has 0 unspecified atom stereocenters. The maximum Gasteiger partial charge on any atom is 0.224 e. The molecule has 1 aromatic heterocycles. The lowest BCUT2D eigenvalue weighted by molar-refractivity contribution is 0.211. The molecule has 2 aliphatic heterocycles. The number of anilines is 2. The first-order valence-corrected chi connectivity index (χ1v) is 11.9. The van der Waals surface area contributed by atoms with Crippen LogP contribution in [0.25, 0.3) is 10.8 Å². The second-order valence-corrected chi connectivity index (χ2v) is 8.97. The zero-order valence-electron chi connectivity index (χ0n) is 18.3. The van der Waals surface area contributed by atoms with Gasteiger partial charge in [0.15, 0.2) is 0 Å². The van der Waals surface area contributed by atoms with E-state index in [4.69, 9.17) is 4.98 Å². The lowest BCUT2D eigenvalue weighted by Gasteiger charge is -2.32. The first-order valence-electron chi connectivity index (χ1n) is 11.9. The Bertz CT molecular complexity index is 983. The summed E-state index contributed by atoms with van der Waals surface area (Å²) in [6, 6.07) is 17.9. The zero-order chi connectivity index (χ0) is 20.9. The molecule has 0 saturated carbocycles. The SMILES string of the molecule is c1ccc2c(CN3CCC(Nc4nccc(N5CCCCCC5)n4)CC3)cccc2c1. The summed E-state index contributed by atoms with van der Waals surface area (Å²) >= 11 is 0. The van der Waals surface area contributed by atoms with Gasteiger partial charge in [0.1, 0.15) is 5.82 Å². The van der Waals surface area contributed by atoms with Crippen LogP contribution in [-0.4, -0.2) is 47.1 Å². The van der Waals surface area contributed by atoms with Gasteiger partial charge in [-0.1, -0.05) is 55.3 Å². The fourth-order valence-corrected chi connectivity index (χ4v) is 4.98. The molecule has 5 nitrogen and oxygen atoms in total. The molecule has 0 spiro atoms. The molecule has 3 aromatic rings. The van der Waals surface area contributed by atoms with Crippen LogP contribution in [0.5, 0.6) is 0 Å². The minimum Gasteiger partial charge on any atom is -0.356 e. The molecule has 0 atom stereocenters. The van der Waals surface area contributed by atoms with E-state index >= 15 is 0 Å². The number of likely N-dealkylation sites (tertiary alicyclic amines) is 1. The molecule has 2 aromatic carbocycles. The topological polar surface area (TPSA) is 44.3 Å². The summed E-state index contributed by atoms with van der Waals surface area (Å²) in [5.41, 5.74) is 1.43. The van der Waals surface area contributed by atoms with Gasteiger partial charge in [-0.2, -0.15) is 4.98 Å². The van der Waals surface area contributed by atoms with E-state index in [0.29, 0.717) is 6.04 Å². The largest absolute Gasteiger partial charge is 0.356 e. The number of benzene rings is 2. The molecule has 3 heterocycles. The lowest BCUT2D eigenvalue weighted by Crippen LogP contribution is -2.39. The molecule has 5 heteroatoms. The normalized spacial score (nSPS) is 18.8. The van der Waals surface area contributed by atoms with E-state index in [1.54, 1.807) is 0 Å². The molecular formula is C26H33N5. The van der Waals surface area contributed by atoms with Crippen LogP contribution in [-0.2, 0) is 6.54 Å². The van der Waals surface area contributed by atoms with Crippen LogP contribution in [0.2, 0.25) is 0 Å². The molecule has 5 rings (SSSR count). The second-order valence-electron chi connectivity index (χ2n) is 8.97. The minimum absolute atomic E-state index is 0.447. The third kappa shape index (κ3) is 4.99. The Morgan fingerprint density at radius 1 is 0.839 bits per heavy atom. The minimum atomic E-state index is 0.447. The first-order chi connectivity index (χ1) is 15.3. The molecule has 2 fully saturated rings. The van der Waals surface area contributed by atoms with Gasteiger partial charge in [-0.15, -0.1) is 0 Å². The fourth-order valence-electron chi connectivity index (χ4n) is 4.98. The Morgan fingerprint density at radius 2 is 1.61 bits per heavy atom. The van der Waals surface area contributed by atoms with E-state index in [1.165, 1.54) is 42.0 Å². The summed E-state index contributed by atoms with van der Waals surface area (Å²) in [4.78, 5) is 14.4. The second kappa shape index (κ2) is 9.65. The van der Waals surface area contributed by atoms with Crippen molar-refractivity contribution in [1.29, 1.82) is 0 Å². The van der Waals surface area contributed by atoms with Crippen LogP contribution >= 0.6 is 0 Å². The van der Waals surface area contributed by atoms with Crippen molar-refractivity contribution >= 4 is 22.5 Å². The predicted molar refractivity (Wildman–Crippen MR) is 129 cm³/mol. The highest BCUT2D eigenvalue weighted by molar-refractivity contribution is 5.85. The monoisotopic (exact) mass is 415 g/mol. The van der Waals surface area contributed by atoms with Gasteiger partial charge in [-0.05, 0) is 48.1 Å². The quantitative estimate of drug-likeness (QED) is 0.629.